The molecule has 0 aliphatic heterocycles. The van der Waals surface area contributed by atoms with Crippen LogP contribution in [0.1, 0.15) is 25.1 Å². The van der Waals surface area contributed by atoms with Crippen LogP contribution in [0, 0.1) is 13.8 Å². The number of aryl methyl sites for hydroxylation is 2. The summed E-state index contributed by atoms with van der Waals surface area (Å²) in [6.07, 6.45) is 0. The van der Waals surface area contributed by atoms with Gasteiger partial charge in [-0.2, -0.15) is 0 Å². The van der Waals surface area contributed by atoms with Crippen LogP contribution in [0.4, 0.5) is 5.13 Å². The predicted molar refractivity (Wildman–Crippen MR) is 88.9 cm³/mol. The van der Waals surface area contributed by atoms with Crippen molar-refractivity contribution in [1.82, 2.24) is 15.2 Å². The number of aromatic nitrogens is 3. The van der Waals surface area contributed by atoms with Gasteiger partial charge in [0.1, 0.15) is 5.01 Å². The monoisotopic (exact) mass is 298 g/mol. The Morgan fingerprint density at radius 1 is 1.14 bits per heavy atom. The summed E-state index contributed by atoms with van der Waals surface area (Å²) in [7, 11) is 0. The first-order valence-corrected chi connectivity index (χ1v) is 7.83. The summed E-state index contributed by atoms with van der Waals surface area (Å²) in [6, 6.07) is 8.68. The number of nitrogens with zero attached hydrogens (tertiary/aromatic N) is 3. The molecule has 0 aliphatic carbocycles. The van der Waals surface area contributed by atoms with E-state index in [-0.39, 0.29) is 0 Å². The van der Waals surface area contributed by atoms with Gasteiger partial charge in [-0.05, 0) is 39.3 Å². The Labute approximate surface area is 128 Å². The van der Waals surface area contributed by atoms with Crippen LogP contribution in [0.5, 0.6) is 0 Å². The van der Waals surface area contributed by atoms with Crippen molar-refractivity contribution >= 4 is 27.4 Å². The smallest absolute Gasteiger partial charge is 0.206 e. The summed E-state index contributed by atoms with van der Waals surface area (Å²) in [5, 5.41) is 14.8. The molecule has 0 saturated heterocycles. The molecular weight excluding hydrogens is 280 g/mol. The highest BCUT2D eigenvalue weighted by Gasteiger charge is 2.13. The molecule has 5 heteroatoms. The van der Waals surface area contributed by atoms with Crippen molar-refractivity contribution in [3.8, 4) is 10.6 Å². The molecule has 0 amide bonds. The molecule has 0 unspecified atom stereocenters. The molecule has 1 N–H and O–H groups in total. The molecule has 21 heavy (non-hydrogen) atoms. The second-order valence-electron chi connectivity index (χ2n) is 5.49. The summed E-state index contributed by atoms with van der Waals surface area (Å²) >= 11 is 1.58. The molecule has 1 aromatic carbocycles. The largest absolute Gasteiger partial charge is 0.358 e. The summed E-state index contributed by atoms with van der Waals surface area (Å²) in [5.74, 6) is 0. The molecule has 0 spiro atoms. The zero-order chi connectivity index (χ0) is 15.0. The summed E-state index contributed by atoms with van der Waals surface area (Å²) < 4.78 is 0. The maximum atomic E-state index is 4.66. The lowest BCUT2D eigenvalue weighted by Crippen LogP contribution is -2.08. The van der Waals surface area contributed by atoms with E-state index in [0.717, 1.165) is 32.3 Å². The fraction of sp³-hybridized carbons (Fsp3) is 0.312. The number of hydrogen-bond donors (Lipinski definition) is 1. The number of pyridine rings is 1. The van der Waals surface area contributed by atoms with E-state index >= 15 is 0 Å². The Balaban J connectivity index is 2.16. The average Bonchev–Trinajstić information content (AvgIpc) is 2.86. The summed E-state index contributed by atoms with van der Waals surface area (Å²) in [5.41, 5.74) is 4.33. The first-order valence-electron chi connectivity index (χ1n) is 7.02. The topological polar surface area (TPSA) is 50.7 Å². The number of benzene rings is 1. The van der Waals surface area contributed by atoms with Gasteiger partial charge in [0.2, 0.25) is 5.13 Å². The van der Waals surface area contributed by atoms with Gasteiger partial charge in [-0.25, -0.2) is 0 Å². The van der Waals surface area contributed by atoms with E-state index in [1.165, 1.54) is 5.56 Å². The van der Waals surface area contributed by atoms with E-state index < -0.39 is 0 Å². The molecule has 108 valence electrons. The SMILES string of the molecule is Cc1cc(-c2nnc(NC(C)C)s2)c2cccc(C)c2n1. The van der Waals surface area contributed by atoms with Gasteiger partial charge in [0.25, 0.3) is 0 Å². The highest BCUT2D eigenvalue weighted by molar-refractivity contribution is 7.18. The van der Waals surface area contributed by atoms with E-state index in [2.05, 4.69) is 65.5 Å². The van der Waals surface area contributed by atoms with E-state index in [1.807, 2.05) is 6.92 Å². The first kappa shape index (κ1) is 13.9. The zero-order valence-corrected chi connectivity index (χ0v) is 13.5. The van der Waals surface area contributed by atoms with Gasteiger partial charge in [0.15, 0.2) is 0 Å². The highest BCUT2D eigenvalue weighted by Crippen LogP contribution is 2.33. The van der Waals surface area contributed by atoms with Crippen LogP contribution < -0.4 is 5.32 Å². The van der Waals surface area contributed by atoms with Gasteiger partial charge in [-0.1, -0.05) is 29.5 Å². The molecule has 4 nitrogen and oxygen atoms in total. The van der Waals surface area contributed by atoms with Crippen molar-refractivity contribution < 1.29 is 0 Å². The average molecular weight is 298 g/mol. The van der Waals surface area contributed by atoms with Crippen molar-refractivity contribution in [2.75, 3.05) is 5.32 Å². The second-order valence-corrected chi connectivity index (χ2v) is 6.47. The zero-order valence-electron chi connectivity index (χ0n) is 12.6. The molecule has 0 bridgehead atoms. The Kier molecular flexibility index (Phi) is 3.59. The Morgan fingerprint density at radius 3 is 2.71 bits per heavy atom. The van der Waals surface area contributed by atoms with E-state index in [0.29, 0.717) is 6.04 Å². The minimum Gasteiger partial charge on any atom is -0.358 e. The summed E-state index contributed by atoms with van der Waals surface area (Å²) in [4.78, 5) is 4.66. The van der Waals surface area contributed by atoms with Crippen molar-refractivity contribution in [2.45, 2.75) is 33.7 Å². The van der Waals surface area contributed by atoms with Gasteiger partial charge < -0.3 is 5.32 Å². The number of nitrogens with one attached hydrogen (secondary N) is 1. The van der Waals surface area contributed by atoms with Crippen molar-refractivity contribution in [1.29, 1.82) is 0 Å². The van der Waals surface area contributed by atoms with E-state index in [9.17, 15) is 0 Å². The number of hydrogen-bond acceptors (Lipinski definition) is 5. The van der Waals surface area contributed by atoms with E-state index in [4.69, 9.17) is 0 Å². The summed E-state index contributed by atoms with van der Waals surface area (Å²) in [6.45, 7) is 8.29. The van der Waals surface area contributed by atoms with Crippen LogP contribution in [0.2, 0.25) is 0 Å². The van der Waals surface area contributed by atoms with E-state index in [1.54, 1.807) is 11.3 Å². The van der Waals surface area contributed by atoms with Crippen LogP contribution >= 0.6 is 11.3 Å². The fourth-order valence-electron chi connectivity index (χ4n) is 2.33. The first-order chi connectivity index (χ1) is 10.0. The minimum absolute atomic E-state index is 0.351. The van der Waals surface area contributed by atoms with Gasteiger partial charge in [-0.3, -0.25) is 4.98 Å². The minimum atomic E-state index is 0.351. The van der Waals surface area contributed by atoms with Gasteiger partial charge in [-0.15, -0.1) is 10.2 Å². The lowest BCUT2D eigenvalue weighted by atomic mass is 10.1. The van der Waals surface area contributed by atoms with Crippen molar-refractivity contribution in [3.05, 3.63) is 35.5 Å². The molecule has 0 fully saturated rings. The van der Waals surface area contributed by atoms with Crippen LogP contribution in [-0.4, -0.2) is 21.2 Å². The maximum Gasteiger partial charge on any atom is 0.206 e. The maximum absolute atomic E-state index is 4.66. The number of fused-ring (bicyclic) bond motifs is 1. The Bertz CT molecular complexity index is 792. The second kappa shape index (κ2) is 5.41. The van der Waals surface area contributed by atoms with Crippen molar-refractivity contribution in [2.24, 2.45) is 0 Å². The third kappa shape index (κ3) is 2.74. The quantitative estimate of drug-likeness (QED) is 0.787. The highest BCUT2D eigenvalue weighted by atomic mass is 32.1. The molecular formula is C16H18N4S. The molecule has 0 atom stereocenters. The van der Waals surface area contributed by atoms with Crippen LogP contribution in [0.15, 0.2) is 24.3 Å². The molecule has 3 aromatic rings. The fourth-order valence-corrected chi connectivity index (χ4v) is 3.25. The van der Waals surface area contributed by atoms with Crippen LogP contribution in [0.3, 0.4) is 0 Å². The Hall–Kier alpha value is -2.01. The lowest BCUT2D eigenvalue weighted by molar-refractivity contribution is 0.888. The third-order valence-corrected chi connectivity index (χ3v) is 4.12. The molecule has 0 saturated carbocycles. The number of anilines is 1. The molecule has 0 aliphatic rings. The molecule has 3 rings (SSSR count). The molecule has 0 radical (unpaired) electrons. The Morgan fingerprint density at radius 2 is 1.95 bits per heavy atom. The van der Waals surface area contributed by atoms with Gasteiger partial charge in [0.05, 0.1) is 5.52 Å². The van der Waals surface area contributed by atoms with Crippen LogP contribution in [-0.2, 0) is 0 Å². The van der Waals surface area contributed by atoms with Gasteiger partial charge >= 0.3 is 0 Å². The van der Waals surface area contributed by atoms with Crippen LogP contribution in [0.25, 0.3) is 21.5 Å². The number of rotatable bonds is 3. The lowest BCUT2D eigenvalue weighted by Gasteiger charge is -2.07. The van der Waals surface area contributed by atoms with Crippen molar-refractivity contribution in [3.63, 3.8) is 0 Å². The van der Waals surface area contributed by atoms with Gasteiger partial charge in [0, 0.05) is 22.7 Å². The molecule has 2 heterocycles. The molecule has 2 aromatic heterocycles. The standard InChI is InChI=1S/C16H18N4S/c1-9(2)17-16-20-19-15(21-16)13-8-11(4)18-14-10(3)6-5-7-12(13)14/h5-9H,1-4H3,(H,17,20). The normalized spacial score (nSPS) is 11.3. The third-order valence-electron chi connectivity index (χ3n) is 3.24. The predicted octanol–water partition coefficient (Wildman–Crippen LogP) is 4.19. The number of para-hydroxylation sites is 1.